The number of amides is 3. The van der Waals surface area contributed by atoms with Crippen molar-refractivity contribution in [1.82, 2.24) is 10.6 Å². The van der Waals surface area contributed by atoms with Crippen LogP contribution < -0.4 is 15.5 Å². The Labute approximate surface area is 229 Å². The van der Waals surface area contributed by atoms with Crippen molar-refractivity contribution in [2.75, 3.05) is 11.4 Å². The molecule has 1 heterocycles. The van der Waals surface area contributed by atoms with Crippen molar-refractivity contribution in [1.29, 1.82) is 0 Å². The highest BCUT2D eigenvalue weighted by Gasteiger charge is 2.40. The lowest BCUT2D eigenvalue weighted by Gasteiger charge is -2.28. The molecule has 2 aliphatic carbocycles. The maximum absolute atomic E-state index is 15.4. The number of nitrogens with zero attached hydrogens (tertiary/aromatic N) is 1. The van der Waals surface area contributed by atoms with Gasteiger partial charge in [0.15, 0.2) is 5.82 Å². The van der Waals surface area contributed by atoms with Crippen LogP contribution in [0.2, 0.25) is 0 Å². The molecule has 0 radical (unpaired) electrons. The van der Waals surface area contributed by atoms with E-state index in [0.29, 0.717) is 37.6 Å². The van der Waals surface area contributed by atoms with Gasteiger partial charge in [0.1, 0.15) is 0 Å². The first kappa shape index (κ1) is 27.3. The van der Waals surface area contributed by atoms with Gasteiger partial charge in [-0.05, 0) is 68.1 Å². The summed E-state index contributed by atoms with van der Waals surface area (Å²) in [7, 11) is 0. The first-order valence-corrected chi connectivity index (χ1v) is 14.2. The first-order chi connectivity index (χ1) is 18.8. The standard InChI is InChI=1S/C31H38FN3O4/c1-19(30(38)33-24-18-21-12-13-22(24)16-21)15-27(36)25(17-20-7-3-2-4-8-20)34-31(39)23-9-5-10-26(29(23)32)35-14-6-11-28(35)37/h2-5,7-10,19,21-22,24-25,27,36H,6,11-18H2,1H3,(H,33,38)(H,34,39)/t19-,21?,22?,24?,25+,27-/m1/s1. The number of fused-ring (bicyclic) bond motifs is 2. The Morgan fingerprint density at radius 2 is 1.90 bits per heavy atom. The van der Waals surface area contributed by atoms with E-state index in [9.17, 15) is 19.5 Å². The van der Waals surface area contributed by atoms with E-state index in [-0.39, 0.29) is 35.5 Å². The molecule has 0 spiro atoms. The summed E-state index contributed by atoms with van der Waals surface area (Å²) in [6, 6.07) is 13.4. The Morgan fingerprint density at radius 3 is 2.56 bits per heavy atom. The van der Waals surface area contributed by atoms with E-state index >= 15 is 4.39 Å². The Morgan fingerprint density at radius 1 is 1.10 bits per heavy atom. The second-order valence-electron chi connectivity index (χ2n) is 11.6. The van der Waals surface area contributed by atoms with Gasteiger partial charge >= 0.3 is 0 Å². The third-order valence-corrected chi connectivity index (χ3v) is 8.77. The van der Waals surface area contributed by atoms with Crippen molar-refractivity contribution in [3.05, 3.63) is 65.5 Å². The minimum atomic E-state index is -1.03. The summed E-state index contributed by atoms with van der Waals surface area (Å²) in [5.41, 5.74) is 0.813. The number of anilines is 1. The number of aliphatic hydroxyl groups is 1. The quantitative estimate of drug-likeness (QED) is 0.429. The number of hydrogen-bond donors (Lipinski definition) is 3. The van der Waals surface area contributed by atoms with E-state index in [2.05, 4.69) is 10.6 Å². The van der Waals surface area contributed by atoms with Crippen molar-refractivity contribution in [3.63, 3.8) is 0 Å². The van der Waals surface area contributed by atoms with E-state index in [1.807, 2.05) is 30.3 Å². The summed E-state index contributed by atoms with van der Waals surface area (Å²) in [5, 5.41) is 17.3. The molecule has 3 aliphatic rings. The average Bonchev–Trinajstić information content (AvgIpc) is 3.66. The third kappa shape index (κ3) is 6.16. The van der Waals surface area contributed by atoms with E-state index in [0.717, 1.165) is 12.0 Å². The van der Waals surface area contributed by atoms with Gasteiger partial charge in [0.05, 0.1) is 23.4 Å². The second-order valence-corrected chi connectivity index (χ2v) is 11.6. The van der Waals surface area contributed by atoms with Gasteiger partial charge in [0.2, 0.25) is 11.8 Å². The lowest BCUT2D eigenvalue weighted by atomic mass is 9.91. The number of hydrogen-bond acceptors (Lipinski definition) is 4. The lowest BCUT2D eigenvalue weighted by Crippen LogP contribution is -2.47. The number of rotatable bonds is 10. The van der Waals surface area contributed by atoms with Crippen LogP contribution >= 0.6 is 0 Å². The van der Waals surface area contributed by atoms with Gasteiger partial charge in [-0.1, -0.05) is 49.7 Å². The topological polar surface area (TPSA) is 98.7 Å². The maximum atomic E-state index is 15.4. The number of carbonyl (C=O) groups excluding carboxylic acids is 3. The van der Waals surface area contributed by atoms with Crippen LogP contribution in [0.1, 0.15) is 67.8 Å². The average molecular weight is 536 g/mol. The zero-order chi connectivity index (χ0) is 27.5. The zero-order valence-electron chi connectivity index (χ0n) is 22.4. The summed E-state index contributed by atoms with van der Waals surface area (Å²) in [6.07, 6.45) is 5.11. The van der Waals surface area contributed by atoms with E-state index in [1.54, 1.807) is 13.0 Å². The SMILES string of the molecule is C[C@H](C[C@@H](O)[C@H](Cc1ccccc1)NC(=O)c1cccc(N2CCCC2=O)c1F)C(=O)NC1CC2CCC1C2. The Hall–Kier alpha value is -3.26. The van der Waals surface area contributed by atoms with E-state index in [1.165, 1.54) is 36.3 Å². The van der Waals surface area contributed by atoms with Crippen LogP contribution in [0.25, 0.3) is 0 Å². The van der Waals surface area contributed by atoms with Crippen molar-refractivity contribution in [2.45, 2.75) is 76.5 Å². The zero-order valence-corrected chi connectivity index (χ0v) is 22.4. The molecule has 2 aromatic rings. The van der Waals surface area contributed by atoms with Crippen molar-refractivity contribution in [3.8, 4) is 0 Å². The molecule has 3 fully saturated rings. The minimum absolute atomic E-state index is 0.0783. The fourth-order valence-electron chi connectivity index (χ4n) is 6.58. The predicted molar refractivity (Wildman–Crippen MR) is 147 cm³/mol. The fraction of sp³-hybridized carbons (Fsp3) is 0.516. The first-order valence-electron chi connectivity index (χ1n) is 14.2. The number of benzene rings is 2. The molecule has 8 heteroatoms. The molecule has 1 saturated heterocycles. The molecule has 7 nitrogen and oxygen atoms in total. The van der Waals surface area contributed by atoms with Gasteiger partial charge in [-0.2, -0.15) is 0 Å². The normalized spacial score (nSPS) is 24.4. The van der Waals surface area contributed by atoms with Gasteiger partial charge in [-0.15, -0.1) is 0 Å². The van der Waals surface area contributed by atoms with Crippen LogP contribution in [0.4, 0.5) is 10.1 Å². The Kier molecular flexibility index (Phi) is 8.31. The number of carbonyl (C=O) groups is 3. The molecule has 3 amide bonds. The highest BCUT2D eigenvalue weighted by Crippen LogP contribution is 2.44. The summed E-state index contributed by atoms with van der Waals surface area (Å²) >= 11 is 0. The molecule has 208 valence electrons. The lowest BCUT2D eigenvalue weighted by molar-refractivity contribution is -0.126. The molecule has 6 atom stereocenters. The third-order valence-electron chi connectivity index (χ3n) is 8.77. The Bertz CT molecular complexity index is 1210. The van der Waals surface area contributed by atoms with Crippen LogP contribution in [0.3, 0.4) is 0 Å². The molecule has 2 saturated carbocycles. The van der Waals surface area contributed by atoms with Gasteiger partial charge in [-0.3, -0.25) is 14.4 Å². The van der Waals surface area contributed by atoms with Crippen LogP contribution in [-0.2, 0) is 16.0 Å². The van der Waals surface area contributed by atoms with Crippen LogP contribution in [0.5, 0.6) is 0 Å². The molecule has 5 rings (SSSR count). The summed E-state index contributed by atoms with van der Waals surface area (Å²) in [5.74, 6) is -0.837. The molecule has 2 bridgehead atoms. The smallest absolute Gasteiger partial charge is 0.254 e. The number of aliphatic hydroxyl groups excluding tert-OH is 1. The van der Waals surface area contributed by atoms with Gasteiger partial charge in [-0.25, -0.2) is 4.39 Å². The minimum Gasteiger partial charge on any atom is -0.391 e. The number of halogens is 1. The molecular formula is C31H38FN3O4. The summed E-state index contributed by atoms with van der Waals surface area (Å²) < 4.78 is 15.4. The summed E-state index contributed by atoms with van der Waals surface area (Å²) in [6.45, 7) is 2.21. The van der Waals surface area contributed by atoms with Crippen LogP contribution in [0.15, 0.2) is 48.5 Å². The fourth-order valence-corrected chi connectivity index (χ4v) is 6.58. The highest BCUT2D eigenvalue weighted by molar-refractivity contribution is 5.99. The number of nitrogens with one attached hydrogen (secondary N) is 2. The van der Waals surface area contributed by atoms with Gasteiger partial charge in [0.25, 0.3) is 5.91 Å². The summed E-state index contributed by atoms with van der Waals surface area (Å²) in [4.78, 5) is 39.8. The van der Waals surface area contributed by atoms with E-state index < -0.39 is 29.8 Å². The molecule has 3 N–H and O–H groups in total. The second kappa shape index (κ2) is 11.9. The molecule has 2 aromatic carbocycles. The van der Waals surface area contributed by atoms with Crippen molar-refractivity contribution < 1.29 is 23.9 Å². The molecular weight excluding hydrogens is 497 g/mol. The monoisotopic (exact) mass is 535 g/mol. The molecule has 1 aliphatic heterocycles. The van der Waals surface area contributed by atoms with Crippen LogP contribution in [-0.4, -0.2) is 47.6 Å². The van der Waals surface area contributed by atoms with Crippen molar-refractivity contribution in [2.24, 2.45) is 17.8 Å². The van der Waals surface area contributed by atoms with Gasteiger partial charge < -0.3 is 20.6 Å². The highest BCUT2D eigenvalue weighted by atomic mass is 19.1. The van der Waals surface area contributed by atoms with Crippen molar-refractivity contribution >= 4 is 23.4 Å². The molecule has 0 aromatic heterocycles. The Balaban J connectivity index is 1.28. The van der Waals surface area contributed by atoms with E-state index in [4.69, 9.17) is 0 Å². The maximum Gasteiger partial charge on any atom is 0.254 e. The van der Waals surface area contributed by atoms with Gasteiger partial charge in [0, 0.05) is 24.9 Å². The van der Waals surface area contributed by atoms with Crippen LogP contribution in [0, 0.1) is 23.6 Å². The molecule has 39 heavy (non-hydrogen) atoms. The largest absolute Gasteiger partial charge is 0.391 e. The predicted octanol–water partition coefficient (Wildman–Crippen LogP) is 3.99. The molecule has 3 unspecified atom stereocenters.